The molecule has 5 N–H and O–H groups in total. The number of nitrogens with one attached hydrogen (secondary N) is 4. The van der Waals surface area contributed by atoms with Crippen molar-refractivity contribution in [3.8, 4) is 34.4 Å². The van der Waals surface area contributed by atoms with Crippen LogP contribution in [0.2, 0.25) is 0 Å². The molecule has 6 aromatic rings. The second kappa shape index (κ2) is 12.5. The van der Waals surface area contributed by atoms with E-state index in [4.69, 9.17) is 28.3 Å². The zero-order valence-electron chi connectivity index (χ0n) is 30.4. The Morgan fingerprint density at radius 1 is 1.04 bits per heavy atom. The van der Waals surface area contributed by atoms with Gasteiger partial charge in [-0.3, -0.25) is 9.59 Å². The molecule has 1 spiro atoms. The van der Waals surface area contributed by atoms with Gasteiger partial charge in [0.1, 0.15) is 35.1 Å². The van der Waals surface area contributed by atoms with E-state index in [9.17, 15) is 14.7 Å². The van der Waals surface area contributed by atoms with E-state index in [1.165, 1.54) is 0 Å². The number of anilines is 1. The molecule has 0 saturated heterocycles. The number of rotatable bonds is 7. The molecule has 13 heteroatoms. The first-order chi connectivity index (χ1) is 26.1. The summed E-state index contributed by atoms with van der Waals surface area (Å²) in [6.45, 7) is 7.40. The normalized spacial score (nSPS) is 21.8. The zero-order chi connectivity index (χ0) is 37.5. The zero-order valence-corrected chi connectivity index (χ0v) is 30.4. The van der Waals surface area contributed by atoms with E-state index in [2.05, 4.69) is 20.9 Å². The Balaban J connectivity index is 1.25. The summed E-state index contributed by atoms with van der Waals surface area (Å²) in [6, 6.07) is 17.8. The molecule has 2 amide bonds. The van der Waals surface area contributed by atoms with Crippen molar-refractivity contribution in [3.63, 3.8) is 0 Å². The van der Waals surface area contributed by atoms with Crippen molar-refractivity contribution in [1.29, 1.82) is 0 Å². The fourth-order valence-electron chi connectivity index (χ4n) is 8.02. The number of amides is 2. The van der Waals surface area contributed by atoms with Gasteiger partial charge in [-0.2, -0.15) is 0 Å². The second-order valence-corrected chi connectivity index (χ2v) is 14.9. The smallest absolute Gasteiger partial charge is 0.249 e. The van der Waals surface area contributed by atoms with Gasteiger partial charge in [0.2, 0.25) is 23.6 Å². The summed E-state index contributed by atoms with van der Waals surface area (Å²) in [7, 11) is 1.63. The van der Waals surface area contributed by atoms with Crippen LogP contribution >= 0.6 is 0 Å². The highest BCUT2D eigenvalue weighted by Crippen LogP contribution is 2.59. The highest BCUT2D eigenvalue weighted by atomic mass is 16.5. The molecular weight excluding hydrogens is 688 g/mol. The number of hydrogen-bond acceptors (Lipinski definition) is 10. The quantitative estimate of drug-likeness (QED) is 0.134. The monoisotopic (exact) mass is 728 g/mol. The molecule has 5 atom stereocenters. The number of nitrogens with zero attached hydrogens (tertiary/aromatic N) is 2. The number of ether oxygens (including phenoxy) is 2. The minimum atomic E-state index is -1.28. The lowest BCUT2D eigenvalue weighted by molar-refractivity contribution is -0.135. The molecule has 3 aromatic carbocycles. The molecule has 3 aliphatic rings. The standard InChI is InChI=1S/C41H40N6O7/c1-19(2)31-39-47-33(38-43-18-30(52-38)23-17-42-32-22(23)9-8-12-29(32)51-5)35(54-39)41-24-10-6-7-11-26(24)45-40(41)53-28-14-13-21(15-25(28)41)16-27(36(49)46-31)44-37(50)34(48)20(3)4/h6-15,17-20,27,31,34,40,42,45,48H,16H2,1-5H3,(H,44,50)(H,46,49)/t27-,31-,34-,40?,41?/m0/s1. The molecule has 4 bridgehead atoms. The van der Waals surface area contributed by atoms with Gasteiger partial charge in [-0.15, -0.1) is 0 Å². The van der Waals surface area contributed by atoms with Gasteiger partial charge in [0.15, 0.2) is 23.4 Å². The van der Waals surface area contributed by atoms with E-state index in [-0.39, 0.29) is 30.0 Å². The lowest BCUT2D eigenvalue weighted by Crippen LogP contribution is -2.52. The molecule has 0 aliphatic carbocycles. The Labute approximate surface area is 310 Å². The van der Waals surface area contributed by atoms with Gasteiger partial charge in [-0.1, -0.05) is 70.2 Å². The summed E-state index contributed by atoms with van der Waals surface area (Å²) < 4.78 is 25.8. The lowest BCUT2D eigenvalue weighted by atomic mass is 9.72. The Bertz CT molecular complexity index is 2440. The molecule has 3 aliphatic heterocycles. The molecule has 0 fully saturated rings. The van der Waals surface area contributed by atoms with Gasteiger partial charge >= 0.3 is 0 Å². The molecule has 3 aromatic heterocycles. The van der Waals surface area contributed by atoms with Crippen LogP contribution in [0.3, 0.4) is 0 Å². The van der Waals surface area contributed by atoms with Gasteiger partial charge < -0.3 is 44.3 Å². The lowest BCUT2D eigenvalue weighted by Gasteiger charge is -2.29. The second-order valence-electron chi connectivity index (χ2n) is 14.9. The van der Waals surface area contributed by atoms with Crippen molar-refractivity contribution < 1.29 is 33.0 Å². The van der Waals surface area contributed by atoms with Crippen LogP contribution in [0.15, 0.2) is 81.9 Å². The summed E-state index contributed by atoms with van der Waals surface area (Å²) >= 11 is 0. The molecule has 54 heavy (non-hydrogen) atoms. The molecular formula is C41H40N6O7. The number of carbonyl (C=O) groups is 2. The number of oxazole rings is 2. The average molecular weight is 729 g/mol. The maximum atomic E-state index is 14.2. The molecule has 9 rings (SSSR count). The topological polar surface area (TPSA) is 177 Å². The molecule has 0 radical (unpaired) electrons. The maximum absolute atomic E-state index is 14.2. The van der Waals surface area contributed by atoms with Crippen molar-refractivity contribution in [2.45, 2.75) is 63.9 Å². The first-order valence-corrected chi connectivity index (χ1v) is 18.1. The summed E-state index contributed by atoms with van der Waals surface area (Å²) in [4.78, 5) is 40.5. The Hall–Kier alpha value is -6.08. The van der Waals surface area contributed by atoms with Crippen LogP contribution in [-0.4, -0.2) is 57.4 Å². The third-order valence-electron chi connectivity index (χ3n) is 10.8. The molecule has 276 valence electrons. The highest BCUT2D eigenvalue weighted by molar-refractivity contribution is 5.97. The van der Waals surface area contributed by atoms with Crippen LogP contribution < -0.4 is 25.4 Å². The van der Waals surface area contributed by atoms with E-state index < -0.39 is 41.6 Å². The number of fused-ring (bicyclic) bond motifs is 5. The van der Waals surface area contributed by atoms with Crippen molar-refractivity contribution in [1.82, 2.24) is 25.6 Å². The number of carbonyl (C=O) groups excluding carboxylic acids is 2. The van der Waals surface area contributed by atoms with Crippen molar-refractivity contribution in [2.24, 2.45) is 11.8 Å². The van der Waals surface area contributed by atoms with E-state index in [0.717, 1.165) is 38.8 Å². The van der Waals surface area contributed by atoms with Crippen LogP contribution in [0.1, 0.15) is 62.1 Å². The molecule has 0 saturated carbocycles. The first-order valence-electron chi connectivity index (χ1n) is 18.1. The summed E-state index contributed by atoms with van der Waals surface area (Å²) in [5.41, 5.74) is 4.30. The van der Waals surface area contributed by atoms with E-state index >= 15 is 0 Å². The largest absolute Gasteiger partial charge is 0.495 e. The van der Waals surface area contributed by atoms with Gasteiger partial charge in [-0.05, 0) is 41.2 Å². The number of methoxy groups -OCH3 is 1. The van der Waals surface area contributed by atoms with Crippen molar-refractivity contribution in [2.75, 3.05) is 12.4 Å². The van der Waals surface area contributed by atoms with Gasteiger partial charge in [0, 0.05) is 34.8 Å². The average Bonchev–Trinajstić information content (AvgIpc) is 3.99. The third kappa shape index (κ3) is 5.02. The Morgan fingerprint density at radius 3 is 2.67 bits per heavy atom. The summed E-state index contributed by atoms with van der Waals surface area (Å²) in [6.07, 6.45) is 1.77. The van der Waals surface area contributed by atoms with Crippen molar-refractivity contribution >= 4 is 28.4 Å². The van der Waals surface area contributed by atoms with E-state index in [1.807, 2.05) is 80.7 Å². The third-order valence-corrected chi connectivity index (χ3v) is 10.8. The fourth-order valence-corrected chi connectivity index (χ4v) is 8.02. The van der Waals surface area contributed by atoms with Crippen molar-refractivity contribution in [3.05, 3.63) is 101 Å². The number of aromatic nitrogens is 3. The van der Waals surface area contributed by atoms with Crippen LogP contribution in [0.4, 0.5) is 5.69 Å². The minimum absolute atomic E-state index is 0.161. The fraction of sp³-hybridized carbons (Fsp3) is 0.317. The Morgan fingerprint density at radius 2 is 1.87 bits per heavy atom. The van der Waals surface area contributed by atoms with E-state index in [0.29, 0.717) is 28.7 Å². The summed E-state index contributed by atoms with van der Waals surface area (Å²) in [5.74, 6) is 1.18. The van der Waals surface area contributed by atoms with Gasteiger partial charge in [-0.25, -0.2) is 9.97 Å². The molecule has 6 heterocycles. The Kier molecular flexibility index (Phi) is 7.82. The van der Waals surface area contributed by atoms with Crippen LogP contribution in [0, 0.1) is 11.8 Å². The van der Waals surface area contributed by atoms with Gasteiger partial charge in [0.25, 0.3) is 0 Å². The number of aliphatic hydroxyl groups excluding tert-OH is 1. The van der Waals surface area contributed by atoms with Crippen LogP contribution in [0.25, 0.3) is 33.8 Å². The van der Waals surface area contributed by atoms with Gasteiger partial charge in [0.05, 0.1) is 18.8 Å². The number of benzene rings is 3. The molecule has 13 nitrogen and oxygen atoms in total. The van der Waals surface area contributed by atoms with Crippen LogP contribution in [-0.2, 0) is 21.4 Å². The SMILES string of the molecule is COc1cccc2c(-c3cnc(-c4nc5oc4C46c7ccccc7NC4Oc4ccc(cc46)C[C@H](NC(=O)[C@@H](O)C(C)C)C(=O)N[C@H]5C(C)C)o3)c[nH]c12. The maximum Gasteiger partial charge on any atom is 0.249 e. The first kappa shape index (κ1) is 33.7. The predicted octanol–water partition coefficient (Wildman–Crippen LogP) is 5.84. The number of H-pyrrole nitrogens is 1. The number of aliphatic hydroxyl groups is 1. The highest BCUT2D eigenvalue weighted by Gasteiger charge is 2.61. The predicted molar refractivity (Wildman–Crippen MR) is 199 cm³/mol. The van der Waals surface area contributed by atoms with E-state index in [1.54, 1.807) is 27.2 Å². The minimum Gasteiger partial charge on any atom is -0.495 e. The van der Waals surface area contributed by atoms with Crippen LogP contribution in [0.5, 0.6) is 11.5 Å². The number of para-hydroxylation sites is 2. The summed E-state index contributed by atoms with van der Waals surface area (Å²) in [5, 5.41) is 21.0. The number of aromatic amines is 1. The molecule has 2 unspecified atom stereocenters. The number of hydrogen-bond donors (Lipinski definition) is 5.